The van der Waals surface area contributed by atoms with Crippen molar-refractivity contribution < 1.29 is 19.7 Å². The molecule has 0 aliphatic carbocycles. The van der Waals surface area contributed by atoms with Crippen LogP contribution in [0.25, 0.3) is 0 Å². The Kier molecular flexibility index (Phi) is 3.72. The lowest BCUT2D eigenvalue weighted by Crippen LogP contribution is -2.16. The molecule has 0 heterocycles. The summed E-state index contributed by atoms with van der Waals surface area (Å²) in [5.41, 5.74) is 0.803. The third kappa shape index (κ3) is 2.74. The third-order valence-electron chi connectivity index (χ3n) is 2.40. The number of hydrogen-bond donors (Lipinski definition) is 2. The van der Waals surface area contributed by atoms with Crippen molar-refractivity contribution in [2.24, 2.45) is 0 Å². The maximum absolute atomic E-state index is 12.2. The summed E-state index contributed by atoms with van der Waals surface area (Å²) in [5, 5.41) is 17.6. The van der Waals surface area contributed by atoms with E-state index in [1.807, 2.05) is 6.07 Å². The fraction of sp³-hybridized carbons (Fsp3) is 0.0714. The lowest BCUT2D eigenvalue weighted by atomic mass is 10.0. The van der Waals surface area contributed by atoms with Gasteiger partial charge in [-0.1, -0.05) is 42.5 Å². The molecule has 0 bridgehead atoms. The Balaban J connectivity index is 2.36. The lowest BCUT2D eigenvalue weighted by molar-refractivity contribution is -0.179. The molecule has 0 unspecified atom stereocenters. The van der Waals surface area contributed by atoms with Crippen LogP contribution in [0.4, 0.5) is 0 Å². The summed E-state index contributed by atoms with van der Waals surface area (Å²) in [7, 11) is 0. The van der Waals surface area contributed by atoms with Crippen LogP contribution in [0.1, 0.15) is 15.9 Å². The van der Waals surface area contributed by atoms with Crippen LogP contribution < -0.4 is 4.74 Å². The van der Waals surface area contributed by atoms with E-state index < -0.39 is 6.48 Å². The summed E-state index contributed by atoms with van der Waals surface area (Å²) in [5.74, 6) is -0.0896. The van der Waals surface area contributed by atoms with Gasteiger partial charge in [0.25, 0.3) is 0 Å². The summed E-state index contributed by atoms with van der Waals surface area (Å²) in [4.78, 5) is 12.2. The third-order valence-corrected chi connectivity index (χ3v) is 2.40. The van der Waals surface area contributed by atoms with Crippen molar-refractivity contribution in [1.29, 1.82) is 0 Å². The highest BCUT2D eigenvalue weighted by Gasteiger charge is 2.15. The molecule has 4 heteroatoms. The lowest BCUT2D eigenvalue weighted by Gasteiger charge is -2.11. The molecule has 2 aromatic rings. The topological polar surface area (TPSA) is 66.8 Å². The Hall–Kier alpha value is -2.17. The van der Waals surface area contributed by atoms with Crippen LogP contribution in [-0.4, -0.2) is 22.5 Å². The molecule has 0 radical (unpaired) electrons. The van der Waals surface area contributed by atoms with Crippen LogP contribution in [0.5, 0.6) is 5.75 Å². The van der Waals surface area contributed by atoms with Gasteiger partial charge < -0.3 is 14.9 Å². The summed E-state index contributed by atoms with van der Waals surface area (Å²) < 4.78 is 4.78. The van der Waals surface area contributed by atoms with E-state index in [-0.39, 0.29) is 17.1 Å². The second-order valence-electron chi connectivity index (χ2n) is 3.64. The standard InChI is InChI=1S/C14H12O4/c15-13(10-6-2-1-3-7-10)11-8-4-5-9-12(11)18-14(16)17/h1-9,14,16-17H. The summed E-state index contributed by atoms with van der Waals surface area (Å²) >= 11 is 0. The fourth-order valence-corrected chi connectivity index (χ4v) is 1.62. The number of benzene rings is 2. The molecular formula is C14H12O4. The van der Waals surface area contributed by atoms with E-state index in [9.17, 15) is 4.79 Å². The number of ketones is 1. The zero-order valence-electron chi connectivity index (χ0n) is 9.48. The van der Waals surface area contributed by atoms with Crippen molar-refractivity contribution in [2.45, 2.75) is 6.48 Å². The molecule has 0 spiro atoms. The van der Waals surface area contributed by atoms with Crippen molar-refractivity contribution in [3.8, 4) is 5.75 Å². The van der Waals surface area contributed by atoms with Gasteiger partial charge in [-0.25, -0.2) is 0 Å². The highest BCUT2D eigenvalue weighted by atomic mass is 16.7. The summed E-state index contributed by atoms with van der Waals surface area (Å²) in [6, 6.07) is 15.1. The minimum Gasteiger partial charge on any atom is -0.441 e. The first-order valence-electron chi connectivity index (χ1n) is 5.40. The molecule has 0 amide bonds. The van der Waals surface area contributed by atoms with Gasteiger partial charge in [0.15, 0.2) is 5.78 Å². The molecule has 2 rings (SSSR count). The molecule has 0 fully saturated rings. The molecule has 0 saturated carbocycles. The monoisotopic (exact) mass is 244 g/mol. The van der Waals surface area contributed by atoms with Gasteiger partial charge in [-0.3, -0.25) is 4.79 Å². The molecular weight excluding hydrogens is 232 g/mol. The van der Waals surface area contributed by atoms with E-state index in [1.165, 1.54) is 6.07 Å². The van der Waals surface area contributed by atoms with Crippen LogP contribution in [-0.2, 0) is 0 Å². The van der Waals surface area contributed by atoms with Crippen LogP contribution in [0.15, 0.2) is 54.6 Å². The Morgan fingerprint density at radius 2 is 1.56 bits per heavy atom. The summed E-state index contributed by atoms with van der Waals surface area (Å²) in [6.45, 7) is -1.95. The Labute approximate surface area is 104 Å². The van der Waals surface area contributed by atoms with Gasteiger partial charge in [0, 0.05) is 5.56 Å². The van der Waals surface area contributed by atoms with Crippen molar-refractivity contribution in [3.05, 3.63) is 65.7 Å². The summed E-state index contributed by atoms with van der Waals surface area (Å²) in [6.07, 6.45) is 0. The number of ether oxygens (including phenoxy) is 1. The van der Waals surface area contributed by atoms with Crippen LogP contribution in [0.3, 0.4) is 0 Å². The predicted octanol–water partition coefficient (Wildman–Crippen LogP) is 1.56. The van der Waals surface area contributed by atoms with Crippen molar-refractivity contribution in [1.82, 2.24) is 0 Å². The highest BCUT2D eigenvalue weighted by molar-refractivity contribution is 6.10. The van der Waals surface area contributed by atoms with Gasteiger partial charge in [-0.15, -0.1) is 0 Å². The van der Waals surface area contributed by atoms with E-state index >= 15 is 0 Å². The molecule has 2 N–H and O–H groups in total. The largest absolute Gasteiger partial charge is 0.441 e. The molecule has 0 atom stereocenters. The van der Waals surface area contributed by atoms with Crippen LogP contribution in [0, 0.1) is 0 Å². The quantitative estimate of drug-likeness (QED) is 0.632. The average Bonchev–Trinajstić information content (AvgIpc) is 2.39. The van der Waals surface area contributed by atoms with Gasteiger partial charge in [0.05, 0.1) is 5.56 Å². The fourth-order valence-electron chi connectivity index (χ4n) is 1.62. The number of rotatable bonds is 4. The van der Waals surface area contributed by atoms with Crippen molar-refractivity contribution in [3.63, 3.8) is 0 Å². The zero-order chi connectivity index (χ0) is 13.0. The molecule has 0 aliphatic heterocycles. The number of aliphatic hydroxyl groups excluding tert-OH is 1. The first-order valence-corrected chi connectivity index (χ1v) is 5.40. The van der Waals surface area contributed by atoms with E-state index in [0.717, 1.165) is 0 Å². The molecule has 0 aromatic heterocycles. The van der Waals surface area contributed by atoms with Gasteiger partial charge in [-0.05, 0) is 12.1 Å². The maximum atomic E-state index is 12.2. The molecule has 92 valence electrons. The van der Waals surface area contributed by atoms with Gasteiger partial charge in [-0.2, -0.15) is 0 Å². The van der Waals surface area contributed by atoms with Gasteiger partial charge >= 0.3 is 6.48 Å². The Morgan fingerprint density at radius 1 is 0.944 bits per heavy atom. The first-order chi connectivity index (χ1) is 8.68. The molecule has 0 saturated heterocycles. The minimum absolute atomic E-state index is 0.140. The normalized spacial score (nSPS) is 10.4. The second kappa shape index (κ2) is 5.44. The number of para-hydroxylation sites is 1. The number of carbonyl (C=O) groups excluding carboxylic acids is 1. The second-order valence-corrected chi connectivity index (χ2v) is 3.64. The van der Waals surface area contributed by atoms with E-state index in [0.29, 0.717) is 5.56 Å². The number of hydrogen-bond acceptors (Lipinski definition) is 4. The SMILES string of the molecule is O=C(c1ccccc1)c1ccccc1OC(O)O. The highest BCUT2D eigenvalue weighted by Crippen LogP contribution is 2.21. The average molecular weight is 244 g/mol. The number of aliphatic hydroxyl groups is 2. The Bertz CT molecular complexity index is 535. The van der Waals surface area contributed by atoms with E-state index in [1.54, 1.807) is 42.5 Å². The van der Waals surface area contributed by atoms with E-state index in [2.05, 4.69) is 0 Å². The molecule has 18 heavy (non-hydrogen) atoms. The van der Waals surface area contributed by atoms with Crippen LogP contribution >= 0.6 is 0 Å². The maximum Gasteiger partial charge on any atom is 0.310 e. The smallest absolute Gasteiger partial charge is 0.310 e. The van der Waals surface area contributed by atoms with Crippen molar-refractivity contribution >= 4 is 5.78 Å². The van der Waals surface area contributed by atoms with Gasteiger partial charge in [0.2, 0.25) is 0 Å². The molecule has 4 nitrogen and oxygen atoms in total. The molecule has 2 aromatic carbocycles. The number of carbonyl (C=O) groups is 1. The predicted molar refractivity (Wildman–Crippen MR) is 65.2 cm³/mol. The zero-order valence-corrected chi connectivity index (χ0v) is 9.48. The molecule has 0 aliphatic rings. The van der Waals surface area contributed by atoms with Gasteiger partial charge in [0.1, 0.15) is 5.75 Å². The first kappa shape index (κ1) is 12.3. The van der Waals surface area contributed by atoms with Crippen molar-refractivity contribution in [2.75, 3.05) is 0 Å². The van der Waals surface area contributed by atoms with E-state index in [4.69, 9.17) is 14.9 Å². The minimum atomic E-state index is -1.95. The van der Waals surface area contributed by atoms with Crippen LogP contribution in [0.2, 0.25) is 0 Å². The Morgan fingerprint density at radius 3 is 2.22 bits per heavy atom.